The number of carbonyl (C=O) groups excluding carboxylic acids is 1. The fourth-order valence-electron chi connectivity index (χ4n) is 1.31. The fraction of sp³-hybridized carbons (Fsp3) is 0.875. The van der Waals surface area contributed by atoms with Crippen molar-refractivity contribution in [2.45, 2.75) is 18.6 Å². The summed E-state index contributed by atoms with van der Waals surface area (Å²) in [5.74, 6) is -0.507. The molecule has 4 nitrogen and oxygen atoms in total. The number of amides is 1. The van der Waals surface area contributed by atoms with Gasteiger partial charge in [0.1, 0.15) is 13.2 Å². The van der Waals surface area contributed by atoms with E-state index in [-0.39, 0.29) is 6.04 Å². The monoisotopic (exact) mass is 226 g/mol. The zero-order chi connectivity index (χ0) is 11.3. The maximum absolute atomic E-state index is 11.6. The van der Waals surface area contributed by atoms with Crippen LogP contribution < -0.4 is 10.6 Å². The molecule has 1 fully saturated rings. The number of halogens is 3. The van der Waals surface area contributed by atoms with Crippen LogP contribution in [0, 0.1) is 0 Å². The zero-order valence-electron chi connectivity index (χ0n) is 8.06. The molecule has 15 heavy (non-hydrogen) atoms. The van der Waals surface area contributed by atoms with E-state index in [0.29, 0.717) is 6.54 Å². The molecule has 0 radical (unpaired) electrons. The Kier molecular flexibility index (Phi) is 4.34. The Labute approximate surface area is 85.2 Å². The third-order valence-electron chi connectivity index (χ3n) is 1.92. The first-order valence-electron chi connectivity index (χ1n) is 4.62. The molecule has 1 saturated heterocycles. The first-order chi connectivity index (χ1) is 6.97. The van der Waals surface area contributed by atoms with Crippen molar-refractivity contribution in [1.82, 2.24) is 10.6 Å². The quantitative estimate of drug-likeness (QED) is 0.711. The molecule has 0 aromatic rings. The lowest BCUT2D eigenvalue weighted by Crippen LogP contribution is -2.39. The van der Waals surface area contributed by atoms with Crippen LogP contribution >= 0.6 is 0 Å². The van der Waals surface area contributed by atoms with Gasteiger partial charge in [0.15, 0.2) is 0 Å². The van der Waals surface area contributed by atoms with Crippen molar-refractivity contribution >= 4 is 5.91 Å². The smallest absolute Gasteiger partial charge is 0.362 e. The van der Waals surface area contributed by atoms with E-state index < -0.39 is 25.3 Å². The lowest BCUT2D eigenvalue weighted by Gasteiger charge is -2.12. The second-order valence-electron chi connectivity index (χ2n) is 3.37. The van der Waals surface area contributed by atoms with E-state index in [0.717, 1.165) is 13.0 Å². The van der Waals surface area contributed by atoms with E-state index in [4.69, 9.17) is 0 Å². The summed E-state index contributed by atoms with van der Waals surface area (Å²) in [6, 6.07) is 0.00647. The highest BCUT2D eigenvalue weighted by Crippen LogP contribution is 2.14. The summed E-state index contributed by atoms with van der Waals surface area (Å²) in [5.41, 5.74) is 0. The summed E-state index contributed by atoms with van der Waals surface area (Å²) in [4.78, 5) is 11.1. The third-order valence-corrected chi connectivity index (χ3v) is 1.92. The Morgan fingerprint density at radius 3 is 2.80 bits per heavy atom. The Balaban J connectivity index is 2.08. The largest absolute Gasteiger partial charge is 0.411 e. The molecule has 1 unspecified atom stereocenters. The van der Waals surface area contributed by atoms with Crippen molar-refractivity contribution in [2.24, 2.45) is 0 Å². The van der Waals surface area contributed by atoms with E-state index in [9.17, 15) is 18.0 Å². The zero-order valence-corrected chi connectivity index (χ0v) is 8.06. The van der Waals surface area contributed by atoms with E-state index in [1.165, 1.54) is 0 Å². The van der Waals surface area contributed by atoms with Crippen molar-refractivity contribution in [3.8, 4) is 0 Å². The van der Waals surface area contributed by atoms with Gasteiger partial charge in [-0.25, -0.2) is 0 Å². The van der Waals surface area contributed by atoms with Crippen molar-refractivity contribution < 1.29 is 22.7 Å². The van der Waals surface area contributed by atoms with Gasteiger partial charge in [0.25, 0.3) is 0 Å². The minimum atomic E-state index is -4.38. The maximum atomic E-state index is 11.6. The summed E-state index contributed by atoms with van der Waals surface area (Å²) in [7, 11) is 0. The Morgan fingerprint density at radius 2 is 2.27 bits per heavy atom. The van der Waals surface area contributed by atoms with Gasteiger partial charge in [0, 0.05) is 12.6 Å². The first-order valence-corrected chi connectivity index (χ1v) is 4.62. The number of nitrogens with one attached hydrogen (secondary N) is 2. The average molecular weight is 226 g/mol. The fourth-order valence-corrected chi connectivity index (χ4v) is 1.31. The van der Waals surface area contributed by atoms with Gasteiger partial charge in [-0.15, -0.1) is 0 Å². The van der Waals surface area contributed by atoms with Crippen molar-refractivity contribution in [3.05, 3.63) is 0 Å². The van der Waals surface area contributed by atoms with Crippen LogP contribution in [0.25, 0.3) is 0 Å². The van der Waals surface area contributed by atoms with Crippen LogP contribution in [0.15, 0.2) is 0 Å². The van der Waals surface area contributed by atoms with Gasteiger partial charge >= 0.3 is 6.18 Å². The predicted molar refractivity (Wildman–Crippen MR) is 46.3 cm³/mol. The molecular formula is C8H13F3N2O2. The van der Waals surface area contributed by atoms with Crippen LogP contribution in [0.3, 0.4) is 0 Å². The SMILES string of the molecule is O=C(COCC(F)(F)F)NC1CCNC1. The van der Waals surface area contributed by atoms with Crippen molar-refractivity contribution in [2.75, 3.05) is 26.3 Å². The topological polar surface area (TPSA) is 50.4 Å². The van der Waals surface area contributed by atoms with Gasteiger partial charge in [-0.1, -0.05) is 0 Å². The highest BCUT2D eigenvalue weighted by Gasteiger charge is 2.28. The van der Waals surface area contributed by atoms with Gasteiger partial charge in [-0.05, 0) is 13.0 Å². The Hall–Kier alpha value is -0.820. The predicted octanol–water partition coefficient (Wildman–Crippen LogP) is 0.0434. The summed E-state index contributed by atoms with van der Waals surface area (Å²) in [6.07, 6.45) is -3.58. The number of alkyl halides is 3. The van der Waals surface area contributed by atoms with Crippen LogP contribution in [0.5, 0.6) is 0 Å². The normalized spacial score (nSPS) is 21.7. The molecule has 7 heteroatoms. The number of carbonyl (C=O) groups is 1. The molecule has 1 rings (SSSR count). The molecular weight excluding hydrogens is 213 g/mol. The summed E-state index contributed by atoms with van der Waals surface area (Å²) < 4.78 is 39.1. The molecule has 0 bridgehead atoms. The molecule has 0 aromatic heterocycles. The summed E-state index contributed by atoms with van der Waals surface area (Å²) in [5, 5.41) is 5.59. The molecule has 1 aliphatic heterocycles. The van der Waals surface area contributed by atoms with Crippen molar-refractivity contribution in [1.29, 1.82) is 0 Å². The van der Waals surface area contributed by atoms with Gasteiger partial charge in [-0.2, -0.15) is 13.2 Å². The van der Waals surface area contributed by atoms with E-state index in [2.05, 4.69) is 15.4 Å². The number of hydrogen-bond acceptors (Lipinski definition) is 3. The molecule has 0 spiro atoms. The molecule has 0 aliphatic carbocycles. The Morgan fingerprint density at radius 1 is 1.53 bits per heavy atom. The molecule has 1 atom stereocenters. The van der Waals surface area contributed by atoms with E-state index in [1.54, 1.807) is 0 Å². The average Bonchev–Trinajstić information content (AvgIpc) is 2.54. The number of hydrogen-bond donors (Lipinski definition) is 2. The molecule has 2 N–H and O–H groups in total. The molecule has 88 valence electrons. The lowest BCUT2D eigenvalue weighted by molar-refractivity contribution is -0.175. The van der Waals surface area contributed by atoms with Crippen LogP contribution in [-0.2, 0) is 9.53 Å². The minimum Gasteiger partial charge on any atom is -0.362 e. The standard InChI is InChI=1S/C8H13F3N2O2/c9-8(10,11)5-15-4-7(14)13-6-1-2-12-3-6/h6,12H,1-5H2,(H,13,14). The second-order valence-corrected chi connectivity index (χ2v) is 3.37. The Bertz CT molecular complexity index is 214. The molecule has 0 saturated carbocycles. The van der Waals surface area contributed by atoms with Gasteiger partial charge < -0.3 is 15.4 Å². The van der Waals surface area contributed by atoms with E-state index >= 15 is 0 Å². The van der Waals surface area contributed by atoms with Gasteiger partial charge in [-0.3, -0.25) is 4.79 Å². The molecule has 1 heterocycles. The summed E-state index contributed by atoms with van der Waals surface area (Å²) in [6.45, 7) is -0.460. The lowest BCUT2D eigenvalue weighted by atomic mass is 10.2. The third kappa shape index (κ3) is 5.58. The summed E-state index contributed by atoms with van der Waals surface area (Å²) >= 11 is 0. The van der Waals surface area contributed by atoms with Crippen molar-refractivity contribution in [3.63, 3.8) is 0 Å². The second kappa shape index (κ2) is 5.32. The van der Waals surface area contributed by atoms with E-state index in [1.807, 2.05) is 0 Å². The molecule has 1 aliphatic rings. The van der Waals surface area contributed by atoms with Crippen LogP contribution in [-0.4, -0.2) is 44.4 Å². The molecule has 1 amide bonds. The highest BCUT2D eigenvalue weighted by atomic mass is 19.4. The maximum Gasteiger partial charge on any atom is 0.411 e. The first kappa shape index (κ1) is 12.3. The minimum absolute atomic E-state index is 0.00647. The number of rotatable bonds is 4. The van der Waals surface area contributed by atoms with Crippen LogP contribution in [0.2, 0.25) is 0 Å². The number of ether oxygens (including phenoxy) is 1. The van der Waals surface area contributed by atoms with Crippen LogP contribution in [0.1, 0.15) is 6.42 Å². The van der Waals surface area contributed by atoms with Gasteiger partial charge in [0.2, 0.25) is 5.91 Å². The van der Waals surface area contributed by atoms with Gasteiger partial charge in [0.05, 0.1) is 0 Å². The molecule has 0 aromatic carbocycles. The highest BCUT2D eigenvalue weighted by molar-refractivity contribution is 5.77. The van der Waals surface area contributed by atoms with Crippen LogP contribution in [0.4, 0.5) is 13.2 Å².